The molecule has 10 nitrogen and oxygen atoms in total. The topological polar surface area (TPSA) is 134 Å². The zero-order valence-electron chi connectivity index (χ0n) is 12.4. The van der Waals surface area contributed by atoms with Crippen LogP contribution in [0.15, 0.2) is 21.5 Å². The average molecular weight is 383 g/mol. The van der Waals surface area contributed by atoms with Crippen LogP contribution in [0.3, 0.4) is 0 Å². The fourth-order valence-corrected chi connectivity index (χ4v) is 2.18. The van der Waals surface area contributed by atoms with E-state index in [4.69, 9.17) is 43.1 Å². The van der Waals surface area contributed by atoms with Crippen LogP contribution < -0.4 is 0 Å². The molecule has 0 aliphatic heterocycles. The van der Waals surface area contributed by atoms with Crippen LogP contribution in [-0.2, 0) is 19.3 Å². The number of hydrogen-bond donors (Lipinski definition) is 2. The highest BCUT2D eigenvalue weighted by atomic mass is 35.5. The summed E-state index contributed by atoms with van der Waals surface area (Å²) in [6.45, 7) is 2.55. The predicted octanol–water partition coefficient (Wildman–Crippen LogP) is 1.90. The standard InChI is InChI=1S/C12H12Cl2N2O8/c1-3-23-15(11(19)20)7-5(13)10(18)8(6(14)9(7)17)16(12(21)22)24-4-2/h3-4H2,1-2H3,(H,19,20)(H,21,22). The zero-order valence-corrected chi connectivity index (χ0v) is 13.9. The lowest BCUT2D eigenvalue weighted by Gasteiger charge is -2.27. The Morgan fingerprint density at radius 3 is 1.38 bits per heavy atom. The summed E-state index contributed by atoms with van der Waals surface area (Å²) in [5.41, 5.74) is -1.68. The van der Waals surface area contributed by atoms with Crippen LogP contribution in [0.1, 0.15) is 13.8 Å². The zero-order chi connectivity index (χ0) is 18.6. The number of carbonyl (C=O) groups excluding carboxylic acids is 2. The molecule has 0 radical (unpaired) electrons. The van der Waals surface area contributed by atoms with E-state index in [-0.39, 0.29) is 23.3 Å². The number of carboxylic acid groups (broad SMARTS) is 2. The van der Waals surface area contributed by atoms with Gasteiger partial charge >= 0.3 is 12.2 Å². The van der Waals surface area contributed by atoms with Crippen molar-refractivity contribution in [2.45, 2.75) is 13.8 Å². The summed E-state index contributed by atoms with van der Waals surface area (Å²) < 4.78 is 0. The fraction of sp³-hybridized carbons (Fsp3) is 0.333. The van der Waals surface area contributed by atoms with Crippen LogP contribution in [0.4, 0.5) is 9.59 Å². The Morgan fingerprint density at radius 1 is 0.875 bits per heavy atom. The molecule has 12 heteroatoms. The van der Waals surface area contributed by atoms with Gasteiger partial charge in [-0.15, -0.1) is 10.1 Å². The number of hydrogen-bond acceptors (Lipinski definition) is 6. The van der Waals surface area contributed by atoms with E-state index in [9.17, 15) is 19.2 Å². The van der Waals surface area contributed by atoms with Crippen molar-refractivity contribution in [3.05, 3.63) is 21.5 Å². The lowest BCUT2D eigenvalue weighted by molar-refractivity contribution is -0.136. The van der Waals surface area contributed by atoms with Crippen molar-refractivity contribution in [1.82, 2.24) is 10.1 Å². The van der Waals surface area contributed by atoms with E-state index < -0.39 is 45.2 Å². The smallest absolute Gasteiger partial charge is 0.436 e. The minimum Gasteiger partial charge on any atom is -0.463 e. The number of ketones is 2. The van der Waals surface area contributed by atoms with Gasteiger partial charge < -0.3 is 10.2 Å². The second kappa shape index (κ2) is 8.11. The minimum absolute atomic E-state index is 0.0908. The Balaban J connectivity index is 3.46. The lowest BCUT2D eigenvalue weighted by atomic mass is 10.1. The molecule has 2 amide bonds. The third-order valence-corrected chi connectivity index (χ3v) is 3.22. The molecule has 0 saturated heterocycles. The van der Waals surface area contributed by atoms with Crippen LogP contribution in [0.2, 0.25) is 0 Å². The molecular weight excluding hydrogens is 371 g/mol. The summed E-state index contributed by atoms with van der Waals surface area (Å²) >= 11 is 11.5. The first-order valence-corrected chi connectivity index (χ1v) is 7.15. The molecule has 2 N–H and O–H groups in total. The Morgan fingerprint density at radius 2 is 1.17 bits per heavy atom. The first-order valence-electron chi connectivity index (χ1n) is 6.39. The highest BCUT2D eigenvalue weighted by molar-refractivity contribution is 6.56. The quantitative estimate of drug-likeness (QED) is 0.525. The summed E-state index contributed by atoms with van der Waals surface area (Å²) in [5, 5.41) is 16.6. The number of allylic oxidation sites excluding steroid dienone is 2. The number of nitrogens with zero attached hydrogens (tertiary/aromatic N) is 2. The van der Waals surface area contributed by atoms with E-state index in [1.54, 1.807) is 0 Å². The molecule has 1 aliphatic carbocycles. The van der Waals surface area contributed by atoms with Crippen molar-refractivity contribution >= 4 is 47.0 Å². The van der Waals surface area contributed by atoms with Crippen LogP contribution in [-0.4, -0.2) is 57.3 Å². The van der Waals surface area contributed by atoms with Crippen molar-refractivity contribution in [1.29, 1.82) is 0 Å². The van der Waals surface area contributed by atoms with E-state index in [2.05, 4.69) is 0 Å². The molecular formula is C12H12Cl2N2O8. The second-order valence-electron chi connectivity index (χ2n) is 3.97. The average Bonchev–Trinajstić information content (AvgIpc) is 2.51. The molecule has 1 aliphatic rings. The summed E-state index contributed by atoms with van der Waals surface area (Å²) in [6.07, 6.45) is -3.45. The van der Waals surface area contributed by atoms with Crippen LogP contribution in [0.25, 0.3) is 0 Å². The number of amides is 2. The molecule has 0 aromatic heterocycles. The third-order valence-electron chi connectivity index (χ3n) is 2.51. The number of carbonyl (C=O) groups is 4. The molecule has 0 atom stereocenters. The predicted molar refractivity (Wildman–Crippen MR) is 78.8 cm³/mol. The maximum atomic E-state index is 12.3. The monoisotopic (exact) mass is 382 g/mol. The lowest BCUT2D eigenvalue weighted by Crippen LogP contribution is -2.41. The van der Waals surface area contributed by atoms with Crippen molar-refractivity contribution in [2.75, 3.05) is 13.2 Å². The maximum Gasteiger partial charge on any atom is 0.436 e. The van der Waals surface area contributed by atoms with Crippen molar-refractivity contribution < 1.29 is 39.1 Å². The Bertz CT molecular complexity index is 601. The molecule has 0 unspecified atom stereocenters. The second-order valence-corrected chi connectivity index (χ2v) is 4.73. The molecule has 0 aromatic rings. The van der Waals surface area contributed by atoms with Gasteiger partial charge in [0.15, 0.2) is 0 Å². The molecule has 0 bridgehead atoms. The Kier molecular flexibility index (Phi) is 6.72. The summed E-state index contributed by atoms with van der Waals surface area (Å²) in [6, 6.07) is 0. The van der Waals surface area contributed by atoms with Gasteiger partial charge in [-0.05, 0) is 13.8 Å². The molecule has 24 heavy (non-hydrogen) atoms. The fourth-order valence-electron chi connectivity index (χ4n) is 1.67. The summed E-state index contributed by atoms with van der Waals surface area (Å²) in [7, 11) is 0. The van der Waals surface area contributed by atoms with Crippen molar-refractivity contribution in [2.24, 2.45) is 0 Å². The van der Waals surface area contributed by atoms with E-state index in [1.807, 2.05) is 0 Å². The van der Waals surface area contributed by atoms with Crippen molar-refractivity contribution in [3.8, 4) is 0 Å². The van der Waals surface area contributed by atoms with E-state index in [0.29, 0.717) is 0 Å². The van der Waals surface area contributed by atoms with E-state index in [1.165, 1.54) is 13.8 Å². The SMILES string of the molecule is CCON(C(=O)O)C1=C(Cl)C(=O)C(N(OCC)C(=O)O)=C(Cl)C1=O. The minimum atomic E-state index is -1.72. The number of rotatable bonds is 6. The number of Topliss-reactive ketones (excluding diaryl/α,β-unsaturated/α-hetero) is 2. The van der Waals surface area contributed by atoms with Gasteiger partial charge in [0, 0.05) is 0 Å². The highest BCUT2D eigenvalue weighted by Crippen LogP contribution is 2.33. The normalized spacial score (nSPS) is 15.0. The molecule has 132 valence electrons. The van der Waals surface area contributed by atoms with Gasteiger partial charge in [-0.2, -0.15) is 0 Å². The molecule has 0 fully saturated rings. The van der Waals surface area contributed by atoms with Gasteiger partial charge in [-0.3, -0.25) is 19.3 Å². The summed E-state index contributed by atoms with van der Waals surface area (Å²) in [5.74, 6) is -2.42. The first-order chi connectivity index (χ1) is 11.2. The van der Waals surface area contributed by atoms with Crippen LogP contribution >= 0.6 is 23.2 Å². The van der Waals surface area contributed by atoms with Gasteiger partial charge in [-0.1, -0.05) is 23.2 Å². The molecule has 0 heterocycles. The molecule has 0 aromatic carbocycles. The highest BCUT2D eigenvalue weighted by Gasteiger charge is 2.42. The maximum absolute atomic E-state index is 12.3. The Hall–Kier alpha value is -2.14. The van der Waals surface area contributed by atoms with Gasteiger partial charge in [-0.25, -0.2) is 9.59 Å². The third kappa shape index (κ3) is 3.67. The number of hydroxylamine groups is 4. The number of halogens is 2. The van der Waals surface area contributed by atoms with Crippen LogP contribution in [0, 0.1) is 0 Å². The van der Waals surface area contributed by atoms with Crippen LogP contribution in [0.5, 0.6) is 0 Å². The summed E-state index contributed by atoms with van der Waals surface area (Å²) in [4.78, 5) is 56.4. The molecule has 0 saturated carbocycles. The largest absolute Gasteiger partial charge is 0.463 e. The van der Waals surface area contributed by atoms with Crippen molar-refractivity contribution in [3.63, 3.8) is 0 Å². The first kappa shape index (κ1) is 19.9. The Labute approximate surface area is 145 Å². The van der Waals surface area contributed by atoms with Gasteiger partial charge in [0.05, 0.1) is 13.2 Å². The van der Waals surface area contributed by atoms with E-state index >= 15 is 0 Å². The van der Waals surface area contributed by atoms with Gasteiger partial charge in [0.2, 0.25) is 11.6 Å². The van der Waals surface area contributed by atoms with Gasteiger partial charge in [0.25, 0.3) is 0 Å². The molecule has 0 spiro atoms. The molecule has 1 rings (SSSR count). The van der Waals surface area contributed by atoms with E-state index in [0.717, 1.165) is 0 Å². The van der Waals surface area contributed by atoms with Gasteiger partial charge in [0.1, 0.15) is 21.5 Å².